The molecule has 0 radical (unpaired) electrons. The van der Waals surface area contributed by atoms with E-state index in [-0.39, 0.29) is 0 Å². The molecule has 0 unspecified atom stereocenters. The molecule has 0 saturated heterocycles. The first-order chi connectivity index (χ1) is 9.67. The van der Waals surface area contributed by atoms with Crippen molar-refractivity contribution in [2.24, 2.45) is 0 Å². The molecular formula is C17H16N2S. The minimum Gasteiger partial charge on any atom is -0.244 e. The Morgan fingerprint density at radius 1 is 1.20 bits per heavy atom. The van der Waals surface area contributed by atoms with E-state index >= 15 is 0 Å². The van der Waals surface area contributed by atoms with Crippen LogP contribution in [-0.4, -0.2) is 4.98 Å². The van der Waals surface area contributed by atoms with Crippen molar-refractivity contribution in [1.82, 2.24) is 4.98 Å². The molecule has 3 heteroatoms. The molecule has 3 rings (SSSR count). The molecule has 1 heterocycles. The van der Waals surface area contributed by atoms with Crippen molar-refractivity contribution >= 4 is 11.8 Å². The van der Waals surface area contributed by atoms with Gasteiger partial charge in [0.2, 0.25) is 0 Å². The van der Waals surface area contributed by atoms with Gasteiger partial charge in [-0.25, -0.2) is 4.98 Å². The number of fused-ring (bicyclic) bond motifs is 1. The summed E-state index contributed by atoms with van der Waals surface area (Å²) in [5.74, 6) is 0. The summed E-state index contributed by atoms with van der Waals surface area (Å²) in [7, 11) is 0. The second-order valence-corrected chi connectivity index (χ2v) is 6.31. The van der Waals surface area contributed by atoms with Crippen LogP contribution in [0.1, 0.15) is 34.4 Å². The molecule has 100 valence electrons. The smallest absolute Gasteiger partial charge is 0.119 e. The number of aryl methyl sites for hydroxylation is 4. The van der Waals surface area contributed by atoms with Gasteiger partial charge in [0.25, 0.3) is 0 Å². The quantitative estimate of drug-likeness (QED) is 0.827. The predicted molar refractivity (Wildman–Crippen MR) is 81.0 cm³/mol. The number of nitriles is 1. The molecule has 0 atom stereocenters. The van der Waals surface area contributed by atoms with Gasteiger partial charge in [0, 0.05) is 10.6 Å². The zero-order valence-electron chi connectivity index (χ0n) is 11.7. The van der Waals surface area contributed by atoms with E-state index in [1.807, 2.05) is 6.07 Å². The van der Waals surface area contributed by atoms with Gasteiger partial charge in [0.1, 0.15) is 11.1 Å². The summed E-state index contributed by atoms with van der Waals surface area (Å²) in [5.41, 5.74) is 5.63. The van der Waals surface area contributed by atoms with Gasteiger partial charge in [-0.05, 0) is 56.4 Å². The molecular weight excluding hydrogens is 264 g/mol. The van der Waals surface area contributed by atoms with Gasteiger partial charge in [0.15, 0.2) is 0 Å². The maximum atomic E-state index is 9.34. The lowest BCUT2D eigenvalue weighted by Crippen LogP contribution is -1.95. The molecule has 1 aliphatic carbocycles. The Balaban J connectivity index is 2.00. The van der Waals surface area contributed by atoms with Gasteiger partial charge < -0.3 is 0 Å². The first kappa shape index (κ1) is 13.2. The average molecular weight is 280 g/mol. The fourth-order valence-electron chi connectivity index (χ4n) is 2.63. The lowest BCUT2D eigenvalue weighted by molar-refractivity contribution is 0.891. The monoisotopic (exact) mass is 280 g/mol. The average Bonchev–Trinajstić information content (AvgIpc) is 2.88. The van der Waals surface area contributed by atoms with E-state index in [2.05, 4.69) is 38.1 Å². The summed E-state index contributed by atoms with van der Waals surface area (Å²) in [6, 6.07) is 10.7. The predicted octanol–water partition coefficient (Wildman–Crippen LogP) is 4.21. The van der Waals surface area contributed by atoms with Crippen molar-refractivity contribution in [3.05, 3.63) is 52.2 Å². The van der Waals surface area contributed by atoms with Crippen LogP contribution in [0.4, 0.5) is 0 Å². The van der Waals surface area contributed by atoms with Crippen molar-refractivity contribution in [2.75, 3.05) is 0 Å². The standard InChI is InChI=1S/C17H16N2S/c1-11-6-7-16(12(2)8-11)20-17-14(10-18)9-13-4-3-5-15(13)19-17/h6-9H,3-5H2,1-2H3. The third-order valence-corrected chi connectivity index (χ3v) is 4.86. The summed E-state index contributed by atoms with van der Waals surface area (Å²) in [6.07, 6.45) is 3.26. The molecule has 1 aromatic heterocycles. The molecule has 0 spiro atoms. The van der Waals surface area contributed by atoms with Gasteiger partial charge in [-0.3, -0.25) is 0 Å². The van der Waals surface area contributed by atoms with Crippen molar-refractivity contribution in [2.45, 2.75) is 43.0 Å². The highest BCUT2D eigenvalue weighted by Crippen LogP contribution is 2.34. The van der Waals surface area contributed by atoms with Gasteiger partial charge in [-0.1, -0.05) is 29.5 Å². The lowest BCUT2D eigenvalue weighted by Gasteiger charge is -2.09. The number of pyridine rings is 1. The van der Waals surface area contributed by atoms with Crippen LogP contribution in [0.5, 0.6) is 0 Å². The minimum absolute atomic E-state index is 0.704. The molecule has 2 aromatic rings. The SMILES string of the molecule is Cc1ccc(Sc2nc3c(cc2C#N)CCC3)c(C)c1. The lowest BCUT2D eigenvalue weighted by atomic mass is 10.2. The van der Waals surface area contributed by atoms with Crippen LogP contribution in [0.3, 0.4) is 0 Å². The van der Waals surface area contributed by atoms with Crippen LogP contribution < -0.4 is 0 Å². The third-order valence-electron chi connectivity index (χ3n) is 3.67. The highest BCUT2D eigenvalue weighted by Gasteiger charge is 2.17. The molecule has 20 heavy (non-hydrogen) atoms. The summed E-state index contributed by atoms with van der Waals surface area (Å²) in [6.45, 7) is 4.20. The second-order valence-electron chi connectivity index (χ2n) is 5.28. The van der Waals surface area contributed by atoms with E-state index in [9.17, 15) is 5.26 Å². The Labute approximate surface area is 123 Å². The first-order valence-corrected chi connectivity index (χ1v) is 7.67. The maximum absolute atomic E-state index is 9.34. The van der Waals surface area contributed by atoms with Crippen LogP contribution in [0, 0.1) is 25.2 Å². The zero-order chi connectivity index (χ0) is 14.1. The number of benzene rings is 1. The Morgan fingerprint density at radius 2 is 2.05 bits per heavy atom. The van der Waals surface area contributed by atoms with E-state index < -0.39 is 0 Å². The summed E-state index contributed by atoms with van der Waals surface area (Å²) in [5, 5.41) is 10.2. The van der Waals surface area contributed by atoms with E-state index in [1.165, 1.54) is 27.3 Å². The van der Waals surface area contributed by atoms with Crippen LogP contribution in [0.2, 0.25) is 0 Å². The molecule has 0 N–H and O–H groups in total. The largest absolute Gasteiger partial charge is 0.244 e. The summed E-state index contributed by atoms with van der Waals surface area (Å²) < 4.78 is 0. The fourth-order valence-corrected chi connectivity index (χ4v) is 3.56. The Bertz CT molecular complexity index is 714. The van der Waals surface area contributed by atoms with Crippen molar-refractivity contribution in [3.63, 3.8) is 0 Å². The zero-order valence-corrected chi connectivity index (χ0v) is 12.5. The van der Waals surface area contributed by atoms with Crippen LogP contribution >= 0.6 is 11.8 Å². The summed E-state index contributed by atoms with van der Waals surface area (Å²) >= 11 is 1.61. The molecule has 1 aliphatic rings. The first-order valence-electron chi connectivity index (χ1n) is 6.85. The topological polar surface area (TPSA) is 36.7 Å². The van der Waals surface area contributed by atoms with Gasteiger partial charge in [-0.15, -0.1) is 0 Å². The maximum Gasteiger partial charge on any atom is 0.119 e. The fraction of sp³-hybridized carbons (Fsp3) is 0.294. The molecule has 0 saturated carbocycles. The number of nitrogens with zero attached hydrogens (tertiary/aromatic N) is 2. The van der Waals surface area contributed by atoms with E-state index in [0.29, 0.717) is 5.56 Å². The van der Waals surface area contributed by atoms with Crippen molar-refractivity contribution in [3.8, 4) is 6.07 Å². The second kappa shape index (κ2) is 5.30. The van der Waals surface area contributed by atoms with Crippen molar-refractivity contribution in [1.29, 1.82) is 5.26 Å². The van der Waals surface area contributed by atoms with Crippen LogP contribution in [0.25, 0.3) is 0 Å². The van der Waals surface area contributed by atoms with E-state index in [1.54, 1.807) is 11.8 Å². The Hall–Kier alpha value is -1.79. The molecule has 0 aliphatic heterocycles. The van der Waals surface area contributed by atoms with E-state index in [4.69, 9.17) is 4.98 Å². The van der Waals surface area contributed by atoms with Crippen molar-refractivity contribution < 1.29 is 0 Å². The number of rotatable bonds is 2. The van der Waals surface area contributed by atoms with Crippen LogP contribution in [-0.2, 0) is 12.8 Å². The minimum atomic E-state index is 0.704. The van der Waals surface area contributed by atoms with Crippen LogP contribution in [0.15, 0.2) is 34.2 Å². The van der Waals surface area contributed by atoms with Gasteiger partial charge >= 0.3 is 0 Å². The number of hydrogen-bond acceptors (Lipinski definition) is 3. The molecule has 2 nitrogen and oxygen atoms in total. The van der Waals surface area contributed by atoms with Gasteiger partial charge in [-0.2, -0.15) is 5.26 Å². The third kappa shape index (κ3) is 2.44. The van der Waals surface area contributed by atoms with Gasteiger partial charge in [0.05, 0.1) is 5.56 Å². The number of aromatic nitrogens is 1. The highest BCUT2D eigenvalue weighted by atomic mass is 32.2. The Kier molecular flexibility index (Phi) is 3.50. The summed E-state index contributed by atoms with van der Waals surface area (Å²) in [4.78, 5) is 5.90. The molecule has 0 amide bonds. The normalized spacial score (nSPS) is 13.1. The molecule has 1 aromatic carbocycles. The molecule has 0 fully saturated rings. The highest BCUT2D eigenvalue weighted by molar-refractivity contribution is 7.99. The number of hydrogen-bond donors (Lipinski definition) is 0. The molecule has 0 bridgehead atoms. The van der Waals surface area contributed by atoms with E-state index in [0.717, 1.165) is 24.3 Å². The Morgan fingerprint density at radius 3 is 2.80 bits per heavy atom.